The predicted octanol–water partition coefficient (Wildman–Crippen LogP) is 4.28. The number of aryl methyl sites for hydroxylation is 1. The van der Waals surface area contributed by atoms with Gasteiger partial charge in [0.25, 0.3) is 0 Å². The third-order valence-corrected chi connectivity index (χ3v) is 5.50. The lowest BCUT2D eigenvalue weighted by Crippen LogP contribution is -2.35. The number of carbonyl (C=O) groups is 1. The van der Waals surface area contributed by atoms with Crippen LogP contribution in [0.5, 0.6) is 0 Å². The zero-order chi connectivity index (χ0) is 20.4. The van der Waals surface area contributed by atoms with E-state index in [2.05, 4.69) is 24.0 Å². The van der Waals surface area contributed by atoms with Crippen LogP contribution in [-0.2, 0) is 11.3 Å². The zero-order valence-corrected chi connectivity index (χ0v) is 16.4. The Bertz CT molecular complexity index is 1010. The Morgan fingerprint density at radius 3 is 2.55 bits per heavy atom. The fourth-order valence-electron chi connectivity index (χ4n) is 3.87. The van der Waals surface area contributed by atoms with E-state index in [1.807, 2.05) is 18.3 Å². The largest absolute Gasteiger partial charge is 0.481 e. The first-order chi connectivity index (χ1) is 14.0. The minimum Gasteiger partial charge on any atom is -0.481 e. The molecule has 4 rings (SSSR count). The molecule has 5 nitrogen and oxygen atoms in total. The lowest BCUT2D eigenvalue weighted by molar-refractivity contribution is -0.143. The molecule has 6 heteroatoms. The van der Waals surface area contributed by atoms with E-state index < -0.39 is 5.97 Å². The quantitative estimate of drug-likeness (QED) is 0.703. The fraction of sp³-hybridized carbons (Fsp3) is 0.304. The molecule has 0 saturated carbocycles. The summed E-state index contributed by atoms with van der Waals surface area (Å²) in [5, 5.41) is 14.0. The Morgan fingerprint density at radius 1 is 1.17 bits per heavy atom. The summed E-state index contributed by atoms with van der Waals surface area (Å²) in [5.74, 6) is -1.22. The first kappa shape index (κ1) is 19.3. The standard InChI is InChI=1S/C23H24FN3O2/c1-16-3-2-4-18(13-16)22-19(14-26-11-9-17(10-12-26)23(28)29)15-27(25-22)21-7-5-20(24)6-8-21/h2-8,13,15,17H,9-12,14H2,1H3,(H,28,29). The number of likely N-dealkylation sites (tertiary alicyclic amines) is 1. The Kier molecular flexibility index (Phi) is 5.45. The van der Waals surface area contributed by atoms with Crippen LogP contribution in [0, 0.1) is 18.7 Å². The highest BCUT2D eigenvalue weighted by Gasteiger charge is 2.25. The van der Waals surface area contributed by atoms with Crippen LogP contribution in [0.2, 0.25) is 0 Å². The Hall–Kier alpha value is -2.99. The number of nitrogens with zero attached hydrogens (tertiary/aromatic N) is 3. The molecule has 0 amide bonds. The molecular formula is C23H24FN3O2. The Morgan fingerprint density at radius 2 is 1.90 bits per heavy atom. The molecular weight excluding hydrogens is 369 g/mol. The van der Waals surface area contributed by atoms with Crippen molar-refractivity contribution in [3.8, 4) is 16.9 Å². The molecule has 1 fully saturated rings. The molecule has 3 aromatic rings. The minimum atomic E-state index is -0.700. The molecule has 1 saturated heterocycles. The van der Waals surface area contributed by atoms with E-state index in [0.29, 0.717) is 19.4 Å². The van der Waals surface area contributed by atoms with Crippen molar-refractivity contribution in [3.63, 3.8) is 0 Å². The number of piperidine rings is 1. The van der Waals surface area contributed by atoms with Crippen LogP contribution in [0.4, 0.5) is 4.39 Å². The number of benzene rings is 2. The first-order valence-corrected chi connectivity index (χ1v) is 9.86. The number of hydrogen-bond donors (Lipinski definition) is 1. The normalized spacial score (nSPS) is 15.5. The Labute approximate surface area is 169 Å². The topological polar surface area (TPSA) is 58.4 Å². The van der Waals surface area contributed by atoms with Gasteiger partial charge in [-0.25, -0.2) is 9.07 Å². The molecule has 2 aromatic carbocycles. The second kappa shape index (κ2) is 8.17. The highest BCUT2D eigenvalue weighted by atomic mass is 19.1. The molecule has 0 unspecified atom stereocenters. The molecule has 1 N–H and O–H groups in total. The highest BCUT2D eigenvalue weighted by Crippen LogP contribution is 2.27. The summed E-state index contributed by atoms with van der Waals surface area (Å²) in [5.41, 5.74) is 4.98. The van der Waals surface area contributed by atoms with Crippen molar-refractivity contribution in [3.05, 3.63) is 71.7 Å². The number of rotatable bonds is 5. The SMILES string of the molecule is Cc1cccc(-c2nn(-c3ccc(F)cc3)cc2CN2CCC(C(=O)O)CC2)c1. The molecule has 0 aliphatic carbocycles. The molecule has 1 aliphatic heterocycles. The van der Waals surface area contributed by atoms with Gasteiger partial charge in [0, 0.05) is 23.9 Å². The van der Waals surface area contributed by atoms with Crippen LogP contribution in [-0.4, -0.2) is 38.8 Å². The average Bonchev–Trinajstić information content (AvgIpc) is 3.13. The van der Waals surface area contributed by atoms with Gasteiger partial charge in [-0.1, -0.05) is 23.8 Å². The molecule has 1 aliphatic rings. The summed E-state index contributed by atoms with van der Waals surface area (Å²) >= 11 is 0. The molecule has 150 valence electrons. The van der Waals surface area contributed by atoms with Gasteiger partial charge in [-0.2, -0.15) is 5.10 Å². The van der Waals surface area contributed by atoms with E-state index in [1.54, 1.807) is 16.8 Å². The molecule has 0 bridgehead atoms. The second-order valence-electron chi connectivity index (χ2n) is 7.68. The maximum absolute atomic E-state index is 13.3. The van der Waals surface area contributed by atoms with E-state index >= 15 is 0 Å². The molecule has 2 heterocycles. The van der Waals surface area contributed by atoms with E-state index in [0.717, 1.165) is 41.2 Å². The number of carboxylic acid groups (broad SMARTS) is 1. The number of halogens is 1. The van der Waals surface area contributed by atoms with Crippen LogP contribution in [0.25, 0.3) is 16.9 Å². The average molecular weight is 393 g/mol. The summed E-state index contributed by atoms with van der Waals surface area (Å²) in [4.78, 5) is 13.5. The summed E-state index contributed by atoms with van der Waals surface area (Å²) < 4.78 is 15.1. The number of aliphatic carboxylic acids is 1. The summed E-state index contributed by atoms with van der Waals surface area (Å²) in [7, 11) is 0. The van der Waals surface area contributed by atoms with Crippen LogP contribution in [0.15, 0.2) is 54.7 Å². The van der Waals surface area contributed by atoms with Crippen LogP contribution in [0.3, 0.4) is 0 Å². The predicted molar refractivity (Wildman–Crippen MR) is 109 cm³/mol. The third-order valence-electron chi connectivity index (χ3n) is 5.50. The van der Waals surface area contributed by atoms with Gasteiger partial charge in [-0.05, 0) is 63.2 Å². The third kappa shape index (κ3) is 4.38. The molecule has 29 heavy (non-hydrogen) atoms. The van der Waals surface area contributed by atoms with E-state index in [1.165, 1.54) is 12.1 Å². The number of hydrogen-bond acceptors (Lipinski definition) is 3. The lowest BCUT2D eigenvalue weighted by Gasteiger charge is -2.29. The van der Waals surface area contributed by atoms with Gasteiger partial charge in [-0.3, -0.25) is 9.69 Å². The molecule has 0 spiro atoms. The molecule has 1 aromatic heterocycles. The van der Waals surface area contributed by atoms with Crippen molar-refractivity contribution >= 4 is 5.97 Å². The summed E-state index contributed by atoms with van der Waals surface area (Å²) in [6.07, 6.45) is 3.33. The van der Waals surface area contributed by atoms with Crippen molar-refractivity contribution in [2.24, 2.45) is 5.92 Å². The van der Waals surface area contributed by atoms with Crippen LogP contribution in [0.1, 0.15) is 24.0 Å². The molecule has 0 atom stereocenters. The van der Waals surface area contributed by atoms with Crippen molar-refractivity contribution in [1.82, 2.24) is 14.7 Å². The molecule has 0 radical (unpaired) electrons. The van der Waals surface area contributed by atoms with Gasteiger partial charge in [0.2, 0.25) is 0 Å². The van der Waals surface area contributed by atoms with E-state index in [9.17, 15) is 14.3 Å². The lowest BCUT2D eigenvalue weighted by atomic mass is 9.96. The summed E-state index contributed by atoms with van der Waals surface area (Å²) in [6.45, 7) is 4.27. The van der Waals surface area contributed by atoms with Gasteiger partial charge in [0.1, 0.15) is 5.82 Å². The van der Waals surface area contributed by atoms with Crippen molar-refractivity contribution in [2.75, 3.05) is 13.1 Å². The van der Waals surface area contributed by atoms with Crippen molar-refractivity contribution in [1.29, 1.82) is 0 Å². The Balaban J connectivity index is 1.64. The van der Waals surface area contributed by atoms with E-state index in [4.69, 9.17) is 5.10 Å². The van der Waals surface area contributed by atoms with Crippen LogP contribution >= 0.6 is 0 Å². The van der Waals surface area contributed by atoms with Crippen LogP contribution < -0.4 is 0 Å². The maximum atomic E-state index is 13.3. The number of carboxylic acids is 1. The maximum Gasteiger partial charge on any atom is 0.306 e. The van der Waals surface area contributed by atoms with Gasteiger partial charge in [-0.15, -0.1) is 0 Å². The van der Waals surface area contributed by atoms with Gasteiger partial charge >= 0.3 is 5.97 Å². The summed E-state index contributed by atoms with van der Waals surface area (Å²) in [6, 6.07) is 14.5. The van der Waals surface area contributed by atoms with Crippen molar-refractivity contribution < 1.29 is 14.3 Å². The minimum absolute atomic E-state index is 0.246. The van der Waals surface area contributed by atoms with Gasteiger partial charge in [0.05, 0.1) is 17.3 Å². The first-order valence-electron chi connectivity index (χ1n) is 9.86. The fourth-order valence-corrected chi connectivity index (χ4v) is 3.87. The highest BCUT2D eigenvalue weighted by molar-refractivity contribution is 5.70. The van der Waals surface area contributed by atoms with Gasteiger partial charge in [0.15, 0.2) is 0 Å². The second-order valence-corrected chi connectivity index (χ2v) is 7.68. The van der Waals surface area contributed by atoms with Gasteiger partial charge < -0.3 is 5.11 Å². The smallest absolute Gasteiger partial charge is 0.306 e. The van der Waals surface area contributed by atoms with E-state index in [-0.39, 0.29) is 11.7 Å². The zero-order valence-electron chi connectivity index (χ0n) is 16.4. The van der Waals surface area contributed by atoms with Crippen molar-refractivity contribution in [2.45, 2.75) is 26.3 Å². The monoisotopic (exact) mass is 393 g/mol. The number of aromatic nitrogens is 2.